The van der Waals surface area contributed by atoms with Crippen LogP contribution in [0.25, 0.3) is 0 Å². The van der Waals surface area contributed by atoms with Crippen molar-refractivity contribution < 1.29 is 4.74 Å². The molecule has 0 aromatic carbocycles. The van der Waals surface area contributed by atoms with Gasteiger partial charge in [0.05, 0.1) is 6.61 Å². The zero-order valence-electron chi connectivity index (χ0n) is 9.07. The molecule has 2 N–H and O–H groups in total. The van der Waals surface area contributed by atoms with Crippen molar-refractivity contribution in [2.24, 2.45) is 0 Å². The highest BCUT2D eigenvalue weighted by atomic mass is 16.5. The minimum absolute atomic E-state index is 0.582. The highest BCUT2D eigenvalue weighted by Gasteiger charge is 2.25. The molecule has 1 aromatic heterocycles. The lowest BCUT2D eigenvalue weighted by molar-refractivity contribution is 0.149. The molecule has 1 fully saturated rings. The summed E-state index contributed by atoms with van der Waals surface area (Å²) >= 11 is 0. The molecule has 0 unspecified atom stereocenters. The number of nitrogens with zero attached hydrogens (tertiary/aromatic N) is 2. The van der Waals surface area contributed by atoms with E-state index in [2.05, 4.69) is 9.97 Å². The van der Waals surface area contributed by atoms with Crippen LogP contribution in [-0.2, 0) is 11.2 Å². The fraction of sp³-hybridized carbons (Fsp3) is 0.636. The van der Waals surface area contributed by atoms with E-state index in [9.17, 15) is 0 Å². The Hall–Kier alpha value is -1.16. The Labute approximate surface area is 89.9 Å². The fourth-order valence-corrected chi connectivity index (χ4v) is 1.55. The number of nitrogen functional groups attached to an aromatic ring is 1. The number of hydrogen-bond acceptors (Lipinski definition) is 4. The molecule has 0 radical (unpaired) electrons. The minimum Gasteiger partial charge on any atom is -0.384 e. The summed E-state index contributed by atoms with van der Waals surface area (Å²) in [5.74, 6) is 2.02. The standard InChI is InChI=1S/C11H17N3O/c1-2-15-6-5-11-13-9(8-3-4-8)7-10(12)14-11/h7-8H,2-6H2,1H3,(H2,12,13,14). The zero-order chi connectivity index (χ0) is 10.7. The van der Waals surface area contributed by atoms with Gasteiger partial charge in [0.1, 0.15) is 11.6 Å². The van der Waals surface area contributed by atoms with Gasteiger partial charge in [-0.15, -0.1) is 0 Å². The molecular formula is C11H17N3O. The van der Waals surface area contributed by atoms with Crippen LogP contribution in [0, 0.1) is 0 Å². The van der Waals surface area contributed by atoms with Gasteiger partial charge < -0.3 is 10.5 Å². The highest BCUT2D eigenvalue weighted by Crippen LogP contribution is 2.39. The molecule has 0 saturated heterocycles. The first-order valence-electron chi connectivity index (χ1n) is 5.50. The topological polar surface area (TPSA) is 61.0 Å². The van der Waals surface area contributed by atoms with Crippen molar-refractivity contribution in [3.05, 3.63) is 17.6 Å². The quantitative estimate of drug-likeness (QED) is 0.743. The summed E-state index contributed by atoms with van der Waals surface area (Å²) in [4.78, 5) is 8.70. The van der Waals surface area contributed by atoms with Crippen LogP contribution in [0.15, 0.2) is 6.07 Å². The van der Waals surface area contributed by atoms with E-state index in [1.807, 2.05) is 13.0 Å². The Morgan fingerprint density at radius 2 is 2.27 bits per heavy atom. The molecule has 1 aliphatic rings. The summed E-state index contributed by atoms with van der Waals surface area (Å²) in [5, 5.41) is 0. The second-order valence-electron chi connectivity index (χ2n) is 3.86. The normalized spacial score (nSPS) is 15.5. The van der Waals surface area contributed by atoms with E-state index in [0.29, 0.717) is 18.3 Å². The molecule has 15 heavy (non-hydrogen) atoms. The van der Waals surface area contributed by atoms with Crippen molar-refractivity contribution in [1.29, 1.82) is 0 Å². The minimum atomic E-state index is 0.582. The van der Waals surface area contributed by atoms with Gasteiger partial charge in [-0.1, -0.05) is 0 Å². The molecule has 1 aliphatic carbocycles. The Morgan fingerprint density at radius 1 is 1.47 bits per heavy atom. The number of hydrogen-bond donors (Lipinski definition) is 1. The van der Waals surface area contributed by atoms with Crippen LogP contribution in [0.2, 0.25) is 0 Å². The number of rotatable bonds is 5. The molecule has 1 saturated carbocycles. The highest BCUT2D eigenvalue weighted by molar-refractivity contribution is 5.32. The first-order chi connectivity index (χ1) is 7.29. The van der Waals surface area contributed by atoms with Crippen LogP contribution < -0.4 is 5.73 Å². The van der Waals surface area contributed by atoms with Gasteiger partial charge in [-0.25, -0.2) is 9.97 Å². The molecule has 1 heterocycles. The number of anilines is 1. The maximum Gasteiger partial charge on any atom is 0.133 e. The average Bonchev–Trinajstić information content (AvgIpc) is 3.00. The Morgan fingerprint density at radius 3 is 2.93 bits per heavy atom. The summed E-state index contributed by atoms with van der Waals surface area (Å²) in [6.45, 7) is 3.39. The monoisotopic (exact) mass is 207 g/mol. The van der Waals surface area contributed by atoms with Crippen molar-refractivity contribution in [2.45, 2.75) is 32.1 Å². The third-order valence-electron chi connectivity index (χ3n) is 2.48. The third-order valence-corrected chi connectivity index (χ3v) is 2.48. The second-order valence-corrected chi connectivity index (χ2v) is 3.86. The molecule has 4 heteroatoms. The molecular weight excluding hydrogens is 190 g/mol. The van der Waals surface area contributed by atoms with E-state index in [-0.39, 0.29) is 0 Å². The van der Waals surface area contributed by atoms with Gasteiger partial charge in [0, 0.05) is 30.7 Å². The van der Waals surface area contributed by atoms with E-state index in [0.717, 1.165) is 24.5 Å². The first-order valence-corrected chi connectivity index (χ1v) is 5.50. The van der Waals surface area contributed by atoms with Crippen LogP contribution in [0.3, 0.4) is 0 Å². The van der Waals surface area contributed by atoms with Gasteiger partial charge >= 0.3 is 0 Å². The zero-order valence-corrected chi connectivity index (χ0v) is 9.07. The van der Waals surface area contributed by atoms with E-state index >= 15 is 0 Å². The molecule has 0 aliphatic heterocycles. The maximum absolute atomic E-state index is 5.74. The van der Waals surface area contributed by atoms with Crippen LogP contribution >= 0.6 is 0 Å². The van der Waals surface area contributed by atoms with Crippen molar-refractivity contribution in [3.63, 3.8) is 0 Å². The molecule has 4 nitrogen and oxygen atoms in total. The van der Waals surface area contributed by atoms with E-state index in [4.69, 9.17) is 10.5 Å². The van der Waals surface area contributed by atoms with E-state index in [1.54, 1.807) is 0 Å². The SMILES string of the molecule is CCOCCc1nc(N)cc(C2CC2)n1. The van der Waals surface area contributed by atoms with Gasteiger partial charge in [0.25, 0.3) is 0 Å². The van der Waals surface area contributed by atoms with Gasteiger partial charge in [0.2, 0.25) is 0 Å². The lowest BCUT2D eigenvalue weighted by atomic mass is 10.2. The van der Waals surface area contributed by atoms with E-state index < -0.39 is 0 Å². The van der Waals surface area contributed by atoms with Crippen molar-refractivity contribution >= 4 is 5.82 Å². The van der Waals surface area contributed by atoms with Crippen LogP contribution in [0.5, 0.6) is 0 Å². The Kier molecular flexibility index (Phi) is 3.16. The van der Waals surface area contributed by atoms with Crippen LogP contribution in [-0.4, -0.2) is 23.2 Å². The van der Waals surface area contributed by atoms with Crippen molar-refractivity contribution in [2.75, 3.05) is 18.9 Å². The summed E-state index contributed by atoms with van der Waals surface area (Å²) in [6.07, 6.45) is 3.22. The van der Waals surface area contributed by atoms with E-state index in [1.165, 1.54) is 12.8 Å². The predicted octanol–water partition coefficient (Wildman–Crippen LogP) is 1.52. The lowest BCUT2D eigenvalue weighted by Gasteiger charge is -2.04. The molecule has 0 bridgehead atoms. The number of nitrogens with two attached hydrogens (primary N) is 1. The predicted molar refractivity (Wildman–Crippen MR) is 58.6 cm³/mol. The summed E-state index contributed by atoms with van der Waals surface area (Å²) in [7, 11) is 0. The fourth-order valence-electron chi connectivity index (χ4n) is 1.55. The second kappa shape index (κ2) is 4.57. The molecule has 0 amide bonds. The van der Waals surface area contributed by atoms with Gasteiger partial charge in [0.15, 0.2) is 0 Å². The number of aromatic nitrogens is 2. The lowest BCUT2D eigenvalue weighted by Crippen LogP contribution is -2.06. The van der Waals surface area contributed by atoms with Crippen LogP contribution in [0.1, 0.15) is 37.2 Å². The summed E-state index contributed by atoms with van der Waals surface area (Å²) < 4.78 is 5.27. The smallest absolute Gasteiger partial charge is 0.133 e. The van der Waals surface area contributed by atoms with Crippen LogP contribution in [0.4, 0.5) is 5.82 Å². The molecule has 0 atom stereocenters. The third kappa shape index (κ3) is 2.89. The molecule has 1 aromatic rings. The Bertz CT molecular complexity index is 337. The first kappa shape index (κ1) is 10.4. The largest absolute Gasteiger partial charge is 0.384 e. The molecule has 2 rings (SSSR count). The van der Waals surface area contributed by atoms with Gasteiger partial charge in [-0.05, 0) is 19.8 Å². The van der Waals surface area contributed by atoms with Crippen molar-refractivity contribution in [3.8, 4) is 0 Å². The number of ether oxygens (including phenoxy) is 1. The molecule has 0 spiro atoms. The maximum atomic E-state index is 5.74. The van der Waals surface area contributed by atoms with Gasteiger partial charge in [-0.2, -0.15) is 0 Å². The average molecular weight is 207 g/mol. The summed E-state index contributed by atoms with van der Waals surface area (Å²) in [5.41, 5.74) is 6.84. The van der Waals surface area contributed by atoms with Crippen molar-refractivity contribution in [1.82, 2.24) is 9.97 Å². The molecule has 82 valence electrons. The Balaban J connectivity index is 2.02. The summed E-state index contributed by atoms with van der Waals surface area (Å²) in [6, 6.07) is 1.89. The van der Waals surface area contributed by atoms with Gasteiger partial charge in [-0.3, -0.25) is 0 Å².